The molecule has 0 saturated carbocycles. The lowest BCUT2D eigenvalue weighted by molar-refractivity contribution is 0.579. The molecule has 0 amide bonds. The van der Waals surface area contributed by atoms with Crippen molar-refractivity contribution in [2.45, 2.75) is 11.4 Å². The molecule has 7 nitrogen and oxygen atoms in total. The van der Waals surface area contributed by atoms with Crippen LogP contribution < -0.4 is 4.72 Å². The Bertz CT molecular complexity index is 939. The molecule has 0 atom stereocenters. The number of sulfone groups is 1. The lowest BCUT2D eigenvalue weighted by atomic mass is 10.3. The number of hydrogen-bond donors (Lipinski definition) is 2. The minimum absolute atomic E-state index is 0.168. The number of aromatic amines is 1. The molecule has 1 aromatic carbocycles. The van der Waals surface area contributed by atoms with E-state index in [4.69, 9.17) is 12.2 Å². The zero-order valence-corrected chi connectivity index (χ0v) is 13.9. The summed E-state index contributed by atoms with van der Waals surface area (Å²) in [5, 5.41) is 0. The molecule has 0 aliphatic heterocycles. The standard InChI is InChI=1S/C11H15N3O4S3/c1-20(15,16)9-5-3-4-8-10(9)13-11(19)14(8)7-6-12-21(2,17)18/h3-5,12H,6-7H2,1-2H3,(H,13,19). The lowest BCUT2D eigenvalue weighted by Gasteiger charge is -2.06. The maximum Gasteiger partial charge on any atom is 0.208 e. The van der Waals surface area contributed by atoms with Crippen LogP contribution in [-0.4, -0.2) is 45.4 Å². The van der Waals surface area contributed by atoms with Crippen LogP contribution in [-0.2, 0) is 26.4 Å². The number of para-hydroxylation sites is 1. The molecule has 2 aromatic rings. The first-order valence-electron chi connectivity index (χ1n) is 5.96. The SMILES string of the molecule is CS(=O)(=O)NCCn1c(=S)[nH]c2c(S(C)(=O)=O)cccc21. The molecule has 2 N–H and O–H groups in total. The predicted octanol–water partition coefficient (Wildman–Crippen LogP) is 0.652. The normalized spacial score (nSPS) is 12.9. The molecule has 0 aliphatic carbocycles. The highest BCUT2D eigenvalue weighted by Gasteiger charge is 2.15. The van der Waals surface area contributed by atoms with E-state index in [2.05, 4.69) is 9.71 Å². The van der Waals surface area contributed by atoms with Gasteiger partial charge < -0.3 is 9.55 Å². The largest absolute Gasteiger partial charge is 0.329 e. The number of aromatic nitrogens is 2. The number of rotatable bonds is 5. The quantitative estimate of drug-likeness (QED) is 0.772. The average Bonchev–Trinajstić information content (AvgIpc) is 2.63. The maximum atomic E-state index is 11.8. The minimum Gasteiger partial charge on any atom is -0.329 e. The van der Waals surface area contributed by atoms with Crippen molar-refractivity contribution in [2.75, 3.05) is 19.1 Å². The van der Waals surface area contributed by atoms with Gasteiger partial charge in [0.05, 0.1) is 22.2 Å². The van der Waals surface area contributed by atoms with Gasteiger partial charge in [0.15, 0.2) is 14.6 Å². The van der Waals surface area contributed by atoms with Gasteiger partial charge in [0.25, 0.3) is 0 Å². The van der Waals surface area contributed by atoms with Crippen molar-refractivity contribution in [3.63, 3.8) is 0 Å². The Labute approximate surface area is 128 Å². The molecule has 0 radical (unpaired) electrons. The second-order valence-corrected chi connectivity index (χ2v) is 8.87. The second kappa shape index (κ2) is 5.52. The third-order valence-electron chi connectivity index (χ3n) is 2.87. The van der Waals surface area contributed by atoms with Crippen LogP contribution in [0.15, 0.2) is 23.1 Å². The molecule has 0 bridgehead atoms. The first-order chi connectivity index (χ1) is 9.59. The van der Waals surface area contributed by atoms with Gasteiger partial charge in [0, 0.05) is 19.3 Å². The van der Waals surface area contributed by atoms with E-state index in [1.165, 1.54) is 6.07 Å². The molecule has 0 unspecified atom stereocenters. The summed E-state index contributed by atoms with van der Waals surface area (Å²) in [6.45, 7) is 0.475. The Balaban J connectivity index is 2.47. The summed E-state index contributed by atoms with van der Waals surface area (Å²) in [6.07, 6.45) is 2.20. The summed E-state index contributed by atoms with van der Waals surface area (Å²) in [5.74, 6) is 0. The van der Waals surface area contributed by atoms with E-state index >= 15 is 0 Å². The molecule has 21 heavy (non-hydrogen) atoms. The molecule has 0 saturated heterocycles. The molecule has 116 valence electrons. The Morgan fingerprint density at radius 3 is 2.48 bits per heavy atom. The fourth-order valence-corrected chi connectivity index (χ4v) is 3.63. The summed E-state index contributed by atoms with van der Waals surface area (Å²) in [5.41, 5.74) is 1.06. The summed E-state index contributed by atoms with van der Waals surface area (Å²) in [7, 11) is -6.66. The monoisotopic (exact) mass is 349 g/mol. The third-order valence-corrected chi connectivity index (χ3v) is 5.06. The lowest BCUT2D eigenvalue weighted by Crippen LogP contribution is -2.26. The fourth-order valence-electron chi connectivity index (χ4n) is 2.03. The van der Waals surface area contributed by atoms with Crippen LogP contribution in [0.2, 0.25) is 0 Å². The van der Waals surface area contributed by atoms with Crippen molar-refractivity contribution in [1.82, 2.24) is 14.3 Å². The summed E-state index contributed by atoms with van der Waals surface area (Å²) < 4.78 is 50.0. The van der Waals surface area contributed by atoms with E-state index in [1.807, 2.05) is 0 Å². The Hall–Kier alpha value is -1.23. The predicted molar refractivity (Wildman–Crippen MR) is 83.1 cm³/mol. The molecule has 10 heteroatoms. The Morgan fingerprint density at radius 2 is 1.90 bits per heavy atom. The molecule has 1 aromatic heterocycles. The van der Waals surface area contributed by atoms with Crippen molar-refractivity contribution in [3.05, 3.63) is 23.0 Å². The van der Waals surface area contributed by atoms with Gasteiger partial charge in [-0.2, -0.15) is 0 Å². The van der Waals surface area contributed by atoms with E-state index in [0.29, 0.717) is 22.3 Å². The second-order valence-electron chi connectivity index (χ2n) is 4.67. The van der Waals surface area contributed by atoms with Gasteiger partial charge in [-0.1, -0.05) is 6.07 Å². The van der Waals surface area contributed by atoms with Crippen LogP contribution in [0.3, 0.4) is 0 Å². The van der Waals surface area contributed by atoms with Crippen molar-refractivity contribution in [1.29, 1.82) is 0 Å². The van der Waals surface area contributed by atoms with Gasteiger partial charge in [0.1, 0.15) is 0 Å². The Morgan fingerprint density at radius 1 is 1.24 bits per heavy atom. The zero-order chi connectivity index (χ0) is 15.8. The van der Waals surface area contributed by atoms with Crippen molar-refractivity contribution >= 4 is 43.1 Å². The molecular formula is C11H15N3O4S3. The summed E-state index contributed by atoms with van der Waals surface area (Å²) in [4.78, 5) is 3.04. The van der Waals surface area contributed by atoms with E-state index in [9.17, 15) is 16.8 Å². The van der Waals surface area contributed by atoms with Gasteiger partial charge in [-0.25, -0.2) is 21.6 Å². The van der Waals surface area contributed by atoms with Crippen LogP contribution >= 0.6 is 12.2 Å². The van der Waals surface area contributed by atoms with E-state index in [0.717, 1.165) is 12.5 Å². The smallest absolute Gasteiger partial charge is 0.208 e. The van der Waals surface area contributed by atoms with Gasteiger partial charge >= 0.3 is 0 Å². The molecule has 0 aliphatic rings. The number of benzene rings is 1. The summed E-state index contributed by atoms with van der Waals surface area (Å²) in [6, 6.07) is 4.86. The number of sulfonamides is 1. The van der Waals surface area contributed by atoms with E-state index in [1.54, 1.807) is 16.7 Å². The van der Waals surface area contributed by atoms with Crippen LogP contribution in [0, 0.1) is 4.77 Å². The number of nitrogens with one attached hydrogen (secondary N) is 2. The van der Waals surface area contributed by atoms with Crippen LogP contribution in [0.25, 0.3) is 11.0 Å². The molecular weight excluding hydrogens is 334 g/mol. The highest BCUT2D eigenvalue weighted by atomic mass is 32.2. The maximum absolute atomic E-state index is 11.8. The molecule has 1 heterocycles. The van der Waals surface area contributed by atoms with Gasteiger partial charge in [0.2, 0.25) is 10.0 Å². The molecule has 0 spiro atoms. The topological polar surface area (TPSA) is 101 Å². The Kier molecular flexibility index (Phi) is 4.24. The van der Waals surface area contributed by atoms with Crippen LogP contribution in [0.1, 0.15) is 0 Å². The van der Waals surface area contributed by atoms with Gasteiger partial charge in [-0.15, -0.1) is 0 Å². The minimum atomic E-state index is -3.38. The first kappa shape index (κ1) is 16.1. The number of imidazole rings is 1. The van der Waals surface area contributed by atoms with E-state index in [-0.39, 0.29) is 11.4 Å². The number of H-pyrrole nitrogens is 1. The summed E-state index contributed by atoms with van der Waals surface area (Å²) >= 11 is 5.18. The van der Waals surface area contributed by atoms with Crippen molar-refractivity contribution < 1.29 is 16.8 Å². The fraction of sp³-hybridized carbons (Fsp3) is 0.364. The van der Waals surface area contributed by atoms with Crippen LogP contribution in [0.5, 0.6) is 0 Å². The first-order valence-corrected chi connectivity index (χ1v) is 10.1. The number of hydrogen-bond acceptors (Lipinski definition) is 5. The van der Waals surface area contributed by atoms with Gasteiger partial charge in [-0.3, -0.25) is 0 Å². The number of nitrogens with zero attached hydrogens (tertiary/aromatic N) is 1. The third kappa shape index (κ3) is 3.70. The van der Waals surface area contributed by atoms with Crippen molar-refractivity contribution in [2.24, 2.45) is 0 Å². The number of fused-ring (bicyclic) bond motifs is 1. The zero-order valence-electron chi connectivity index (χ0n) is 11.5. The van der Waals surface area contributed by atoms with E-state index < -0.39 is 19.9 Å². The van der Waals surface area contributed by atoms with Crippen LogP contribution in [0.4, 0.5) is 0 Å². The molecule has 2 rings (SSSR count). The average molecular weight is 349 g/mol. The van der Waals surface area contributed by atoms with Gasteiger partial charge in [-0.05, 0) is 24.4 Å². The molecule has 0 fully saturated rings. The van der Waals surface area contributed by atoms with Crippen molar-refractivity contribution in [3.8, 4) is 0 Å². The highest BCUT2D eigenvalue weighted by Crippen LogP contribution is 2.22. The highest BCUT2D eigenvalue weighted by molar-refractivity contribution is 7.91.